The maximum atomic E-state index is 11.1. The molecule has 0 atom stereocenters. The Balaban J connectivity index is 0.000000555. The van der Waals surface area contributed by atoms with Crippen molar-refractivity contribution in [3.63, 3.8) is 0 Å². The Hall–Kier alpha value is -3.59. The third-order valence-electron chi connectivity index (χ3n) is 4.36. The predicted octanol–water partition coefficient (Wildman–Crippen LogP) is 1.73. The molecule has 33 heavy (non-hydrogen) atoms. The van der Waals surface area contributed by atoms with Gasteiger partial charge in [-0.1, -0.05) is 48.5 Å². The van der Waals surface area contributed by atoms with E-state index in [1.54, 1.807) is 12.1 Å². The normalized spacial score (nSPS) is 10.7. The van der Waals surface area contributed by atoms with Crippen LogP contribution in [-0.2, 0) is 4.79 Å². The molecule has 4 rings (SSSR count). The molecule has 0 spiro atoms. The molecule has 0 saturated heterocycles. The van der Waals surface area contributed by atoms with Crippen molar-refractivity contribution in [2.24, 2.45) is 0 Å². The van der Waals surface area contributed by atoms with Crippen molar-refractivity contribution < 1.29 is 42.8 Å². The Morgan fingerprint density at radius 1 is 0.667 bits per heavy atom. The van der Waals surface area contributed by atoms with Gasteiger partial charge in [0, 0.05) is 12.5 Å². The quantitative estimate of drug-likeness (QED) is 0.254. The Labute approximate surface area is 192 Å². The van der Waals surface area contributed by atoms with Crippen LogP contribution in [0.5, 0.6) is 5.75 Å². The summed E-state index contributed by atoms with van der Waals surface area (Å²) in [4.78, 5) is 11.1. The number of esters is 1. The summed E-state index contributed by atoms with van der Waals surface area (Å²) < 4.78 is 45.3. The van der Waals surface area contributed by atoms with Gasteiger partial charge in [-0.2, -0.15) is 0 Å². The number of hydrogen-bond donors (Lipinski definition) is 0. The number of halogens is 1. The summed E-state index contributed by atoms with van der Waals surface area (Å²) in [5.41, 5.74) is 4.07. The molecule has 0 aliphatic carbocycles. The molecule has 0 amide bonds. The fourth-order valence-corrected chi connectivity index (χ4v) is 3.04. The number of carbonyl (C=O) groups is 1. The smallest absolute Gasteiger partial charge is 0.361 e. The van der Waals surface area contributed by atoms with E-state index in [9.17, 15) is 4.79 Å². The van der Waals surface area contributed by atoms with Gasteiger partial charge in [0.15, 0.2) is 0 Å². The zero-order chi connectivity index (χ0) is 23.8. The highest BCUT2D eigenvalue weighted by atomic mass is 35.7. The maximum absolute atomic E-state index is 11.1. The largest absolute Gasteiger partial charge is 0.427 e. The molecule has 0 aliphatic rings. The average molecular weight is 467 g/mol. The highest BCUT2D eigenvalue weighted by Crippen LogP contribution is 2.33. The van der Waals surface area contributed by atoms with Gasteiger partial charge in [-0.25, -0.2) is 23.1 Å². The molecule has 168 valence electrons. The van der Waals surface area contributed by atoms with Crippen LogP contribution < -0.4 is 23.4 Å². The van der Waals surface area contributed by atoms with E-state index in [4.69, 9.17) is 27.8 Å². The van der Waals surface area contributed by atoms with Gasteiger partial charge >= 0.3 is 17.5 Å². The molecule has 4 aromatic rings. The summed E-state index contributed by atoms with van der Waals surface area (Å²) in [5, 5.41) is 0. The molecule has 1 aromatic heterocycles. The number of ether oxygens (including phenoxy) is 1. The number of carbonyl (C=O) groups excluding carboxylic acids is 1. The second kappa shape index (κ2) is 10.8. The van der Waals surface area contributed by atoms with Crippen molar-refractivity contribution in [3.8, 4) is 39.5 Å². The minimum absolute atomic E-state index is 0.330. The lowest BCUT2D eigenvalue weighted by Crippen LogP contribution is -2.68. The summed E-state index contributed by atoms with van der Waals surface area (Å²) in [7, 11) is -4.94. The van der Waals surface area contributed by atoms with E-state index in [0.29, 0.717) is 5.75 Å². The van der Waals surface area contributed by atoms with Gasteiger partial charge in [-0.15, -0.1) is 10.2 Å². The number of hydrogen-bond acceptors (Lipinski definition) is 6. The Bertz CT molecular complexity index is 1130. The third kappa shape index (κ3) is 7.80. The van der Waals surface area contributed by atoms with Crippen molar-refractivity contribution in [1.29, 1.82) is 0 Å². The summed E-state index contributed by atoms with van der Waals surface area (Å²) in [5.74, 6) is 1.79. The van der Waals surface area contributed by atoms with Crippen molar-refractivity contribution in [1.82, 2.24) is 0 Å². The molecule has 0 bridgehead atoms. The molecule has 0 N–H and O–H groups in total. The zero-order valence-electron chi connectivity index (χ0n) is 17.5. The van der Waals surface area contributed by atoms with Gasteiger partial charge in [0.05, 0.1) is 23.3 Å². The van der Waals surface area contributed by atoms with Crippen LogP contribution in [0.4, 0.5) is 0 Å². The van der Waals surface area contributed by atoms with Crippen LogP contribution in [0.15, 0.2) is 101 Å². The van der Waals surface area contributed by atoms with Crippen molar-refractivity contribution in [3.05, 3.63) is 97.1 Å². The van der Waals surface area contributed by atoms with Crippen LogP contribution >= 0.6 is 0 Å². The molecular weight excluding hydrogens is 448 g/mol. The summed E-state index contributed by atoms with van der Waals surface area (Å²) in [6.45, 7) is 1.39. The van der Waals surface area contributed by atoms with Gasteiger partial charge in [0.25, 0.3) is 0 Å². The van der Waals surface area contributed by atoms with Gasteiger partial charge in [-0.05, 0) is 42.0 Å². The highest BCUT2D eigenvalue weighted by Gasteiger charge is 2.20. The summed E-state index contributed by atoms with van der Waals surface area (Å²) in [6, 6.07) is 31.6. The molecule has 1 heterocycles. The average Bonchev–Trinajstić information content (AvgIpc) is 2.79. The van der Waals surface area contributed by atoms with E-state index in [1.165, 1.54) is 6.92 Å². The number of rotatable bonds is 4. The van der Waals surface area contributed by atoms with Crippen LogP contribution in [0.3, 0.4) is 0 Å². The first kappa shape index (κ1) is 24.1. The minimum Gasteiger partial charge on any atom is -0.427 e. The minimum atomic E-state index is -4.94. The van der Waals surface area contributed by atoms with Gasteiger partial charge < -0.3 is 4.74 Å². The number of benzene rings is 3. The van der Waals surface area contributed by atoms with Gasteiger partial charge in [-0.3, -0.25) is 4.79 Å². The highest BCUT2D eigenvalue weighted by molar-refractivity contribution is 5.75. The molecule has 0 fully saturated rings. The van der Waals surface area contributed by atoms with E-state index >= 15 is 0 Å². The maximum Gasteiger partial charge on any atom is 0.361 e. The Morgan fingerprint density at radius 3 is 1.48 bits per heavy atom. The van der Waals surface area contributed by atoms with Gasteiger partial charge in [0.2, 0.25) is 0 Å². The lowest BCUT2D eigenvalue weighted by Gasteiger charge is -2.17. The first-order valence-electron chi connectivity index (χ1n) is 9.69. The fourth-order valence-electron chi connectivity index (χ4n) is 3.04. The molecule has 0 radical (unpaired) electrons. The molecule has 0 aliphatic heterocycles. The van der Waals surface area contributed by atoms with E-state index < -0.39 is 10.2 Å². The van der Waals surface area contributed by atoms with Crippen molar-refractivity contribution in [2.75, 3.05) is 0 Å². The van der Waals surface area contributed by atoms with E-state index in [2.05, 4.69) is 0 Å². The van der Waals surface area contributed by atoms with E-state index in [1.807, 2.05) is 84.9 Å². The Kier molecular flexibility index (Phi) is 7.89. The second-order valence-corrected chi connectivity index (χ2v) is 7.56. The zero-order valence-corrected chi connectivity index (χ0v) is 18.2. The summed E-state index contributed by atoms with van der Waals surface area (Å²) >= 11 is 0. The molecule has 7 nitrogen and oxygen atoms in total. The lowest BCUT2D eigenvalue weighted by atomic mass is 10.0. The monoisotopic (exact) mass is 466 g/mol. The molecule has 0 unspecified atom stereocenters. The van der Waals surface area contributed by atoms with Crippen LogP contribution in [0.2, 0.25) is 0 Å². The third-order valence-corrected chi connectivity index (χ3v) is 4.36. The van der Waals surface area contributed by atoms with Crippen LogP contribution in [0.1, 0.15) is 6.92 Å². The first-order valence-corrected chi connectivity index (χ1v) is 10.9. The fraction of sp³-hybridized carbons (Fsp3) is 0.0400. The van der Waals surface area contributed by atoms with E-state index in [0.717, 1.165) is 33.8 Å². The predicted molar refractivity (Wildman–Crippen MR) is 111 cm³/mol. The molecule has 3 aromatic carbocycles. The molecule has 8 heteroatoms. The van der Waals surface area contributed by atoms with Crippen molar-refractivity contribution >= 4 is 5.97 Å². The Morgan fingerprint density at radius 2 is 1.09 bits per heavy atom. The second-order valence-electron chi connectivity index (χ2n) is 6.80. The standard InChI is InChI=1S/C25H19O3.ClHO4/c1-18(26)27-23-14-12-19(13-15-23)22-16-24(20-8-4-2-5-9-20)28-25(17-22)21-10-6-3-7-11-21;2-1(3,4)5/h2-17H,1H3;(H,2,3,4,5)/q+1;/p-1. The van der Waals surface area contributed by atoms with Crippen LogP contribution in [0, 0.1) is 10.2 Å². The lowest BCUT2D eigenvalue weighted by molar-refractivity contribution is -2.00. The SMILES string of the molecule is CC(=O)Oc1ccc(-c2cc(-c3ccccc3)[o+]c(-c3ccccc3)c2)cc1.[O-][Cl+3]([O-])([O-])[O-]. The molecular formula is C25H19ClO7. The van der Waals surface area contributed by atoms with Crippen LogP contribution in [-0.4, -0.2) is 5.97 Å². The first-order chi connectivity index (χ1) is 15.7. The van der Waals surface area contributed by atoms with Crippen molar-refractivity contribution in [2.45, 2.75) is 6.92 Å². The van der Waals surface area contributed by atoms with Gasteiger partial charge in [0.1, 0.15) is 5.75 Å². The van der Waals surface area contributed by atoms with E-state index in [-0.39, 0.29) is 5.97 Å². The molecule has 0 saturated carbocycles. The van der Waals surface area contributed by atoms with Crippen LogP contribution in [0.25, 0.3) is 33.8 Å². The topological polar surface area (TPSA) is 130 Å². The summed E-state index contributed by atoms with van der Waals surface area (Å²) in [6.07, 6.45) is 0.